The van der Waals surface area contributed by atoms with Crippen LogP contribution in [0.1, 0.15) is 25.3 Å². The van der Waals surface area contributed by atoms with Crippen molar-refractivity contribution in [2.75, 3.05) is 12.3 Å². The molecule has 3 aromatic rings. The van der Waals surface area contributed by atoms with Gasteiger partial charge in [0, 0.05) is 19.7 Å². The summed E-state index contributed by atoms with van der Waals surface area (Å²) in [5, 5.41) is 17.9. The van der Waals surface area contributed by atoms with Gasteiger partial charge < -0.3 is 25.1 Å². The first-order valence-corrected chi connectivity index (χ1v) is 9.37. The Balaban J connectivity index is 1.40. The van der Waals surface area contributed by atoms with Crippen molar-refractivity contribution in [2.45, 2.75) is 50.1 Å². The Bertz CT molecular complexity index is 1040. The number of imidazole rings is 1. The minimum Gasteiger partial charge on any atom is -0.394 e. The molecule has 2 aliphatic rings. The van der Waals surface area contributed by atoms with E-state index in [1.165, 1.54) is 6.33 Å². The van der Waals surface area contributed by atoms with Crippen LogP contribution in [-0.4, -0.2) is 70.3 Å². The molecular weight excluding hydrogens is 380 g/mol. The number of hydrogen-bond donors (Lipinski definition) is 2. The Hall–Kier alpha value is -2.67. The van der Waals surface area contributed by atoms with E-state index in [0.717, 1.165) is 5.69 Å². The number of aryl methyl sites for hydroxylation is 2. The zero-order valence-corrected chi connectivity index (χ0v) is 16.0. The van der Waals surface area contributed by atoms with Crippen LogP contribution in [0.3, 0.4) is 0 Å². The van der Waals surface area contributed by atoms with E-state index in [1.54, 1.807) is 15.6 Å². The lowest BCUT2D eigenvalue weighted by atomic mass is 10.1. The lowest BCUT2D eigenvalue weighted by molar-refractivity contribution is -0.212. The van der Waals surface area contributed by atoms with Gasteiger partial charge in [0.2, 0.25) is 0 Å². The van der Waals surface area contributed by atoms with Crippen molar-refractivity contribution in [3.63, 3.8) is 0 Å². The molecule has 0 saturated carbocycles. The topological polar surface area (TPSA) is 148 Å². The maximum Gasteiger partial charge on any atom is 0.167 e. The molecule has 3 aromatic heterocycles. The van der Waals surface area contributed by atoms with Gasteiger partial charge in [0.05, 0.1) is 18.6 Å². The highest BCUT2D eigenvalue weighted by Gasteiger charge is 2.57. The van der Waals surface area contributed by atoms with Crippen LogP contribution in [0.15, 0.2) is 18.9 Å². The number of aliphatic hydroxyl groups is 1. The molecule has 2 aliphatic heterocycles. The van der Waals surface area contributed by atoms with Gasteiger partial charge in [-0.25, -0.2) is 15.0 Å². The fraction of sp³-hybridized carbons (Fsp3) is 0.588. The van der Waals surface area contributed by atoms with E-state index in [1.807, 2.05) is 20.2 Å². The standard InChI is InChI=1S/C17H22N8O4/c1-17(4-3-9-5-24(2)23-22-9)28-12-10(6-26)27-16(13(12)29-17)25-8-21-11-14(18)19-7-20-15(11)25/h5,7-8,10,12-13,16,26H,3-4,6H2,1-2H3,(H2,18,19,20). The Kier molecular flexibility index (Phi) is 4.24. The van der Waals surface area contributed by atoms with E-state index >= 15 is 0 Å². The summed E-state index contributed by atoms with van der Waals surface area (Å²) in [7, 11) is 1.82. The number of fused-ring (bicyclic) bond motifs is 2. The van der Waals surface area contributed by atoms with Gasteiger partial charge in [-0.15, -0.1) is 5.10 Å². The molecule has 5 atom stereocenters. The van der Waals surface area contributed by atoms with Crippen molar-refractivity contribution in [1.82, 2.24) is 34.5 Å². The summed E-state index contributed by atoms with van der Waals surface area (Å²) in [4.78, 5) is 12.5. The monoisotopic (exact) mass is 402 g/mol. The van der Waals surface area contributed by atoms with Gasteiger partial charge in [0.1, 0.15) is 30.2 Å². The van der Waals surface area contributed by atoms with Crippen molar-refractivity contribution >= 4 is 17.0 Å². The number of anilines is 1. The Labute approximate surface area is 165 Å². The summed E-state index contributed by atoms with van der Waals surface area (Å²) in [6.45, 7) is 1.70. The molecule has 154 valence electrons. The van der Waals surface area contributed by atoms with E-state index in [4.69, 9.17) is 19.9 Å². The van der Waals surface area contributed by atoms with Crippen molar-refractivity contribution in [1.29, 1.82) is 0 Å². The molecule has 12 nitrogen and oxygen atoms in total. The summed E-state index contributed by atoms with van der Waals surface area (Å²) >= 11 is 0. The highest BCUT2D eigenvalue weighted by atomic mass is 16.8. The van der Waals surface area contributed by atoms with Crippen molar-refractivity contribution < 1.29 is 19.3 Å². The molecule has 0 aliphatic carbocycles. The summed E-state index contributed by atoms with van der Waals surface area (Å²) in [5.41, 5.74) is 7.78. The molecule has 0 amide bonds. The summed E-state index contributed by atoms with van der Waals surface area (Å²) < 4.78 is 22.0. The number of nitrogens with two attached hydrogens (primary N) is 1. The predicted molar refractivity (Wildman–Crippen MR) is 98.2 cm³/mol. The van der Waals surface area contributed by atoms with Gasteiger partial charge in [-0.3, -0.25) is 9.25 Å². The lowest BCUT2D eigenvalue weighted by Gasteiger charge is -2.27. The van der Waals surface area contributed by atoms with Crippen LogP contribution in [0.5, 0.6) is 0 Å². The van der Waals surface area contributed by atoms with Crippen LogP contribution in [-0.2, 0) is 27.7 Å². The second-order valence-electron chi connectivity index (χ2n) is 7.51. The molecule has 0 radical (unpaired) electrons. The van der Waals surface area contributed by atoms with Crippen LogP contribution in [0.4, 0.5) is 5.82 Å². The quantitative estimate of drug-likeness (QED) is 0.575. The molecule has 5 heterocycles. The van der Waals surface area contributed by atoms with Crippen LogP contribution < -0.4 is 5.73 Å². The normalized spacial score (nSPS) is 31.6. The van der Waals surface area contributed by atoms with E-state index in [9.17, 15) is 5.11 Å². The van der Waals surface area contributed by atoms with E-state index in [2.05, 4.69) is 25.3 Å². The van der Waals surface area contributed by atoms with Gasteiger partial charge >= 0.3 is 0 Å². The summed E-state index contributed by atoms with van der Waals surface area (Å²) in [5.74, 6) is -0.549. The van der Waals surface area contributed by atoms with Crippen LogP contribution in [0.25, 0.3) is 11.2 Å². The maximum atomic E-state index is 9.81. The smallest absolute Gasteiger partial charge is 0.167 e. The lowest BCUT2D eigenvalue weighted by Crippen LogP contribution is -2.33. The fourth-order valence-electron chi connectivity index (χ4n) is 3.99. The van der Waals surface area contributed by atoms with Gasteiger partial charge in [0.25, 0.3) is 0 Å². The van der Waals surface area contributed by atoms with E-state index in [0.29, 0.717) is 29.8 Å². The number of nitrogens with zero attached hydrogens (tertiary/aromatic N) is 7. The second-order valence-corrected chi connectivity index (χ2v) is 7.51. The molecule has 5 unspecified atom stereocenters. The van der Waals surface area contributed by atoms with Gasteiger partial charge in [-0.1, -0.05) is 5.21 Å². The third kappa shape index (κ3) is 3.04. The average molecular weight is 402 g/mol. The van der Waals surface area contributed by atoms with Crippen LogP contribution >= 0.6 is 0 Å². The molecule has 5 rings (SSSR count). The minimum absolute atomic E-state index is 0.189. The Morgan fingerprint density at radius 3 is 2.83 bits per heavy atom. The number of aromatic nitrogens is 7. The van der Waals surface area contributed by atoms with Crippen LogP contribution in [0.2, 0.25) is 0 Å². The first-order chi connectivity index (χ1) is 14.0. The molecule has 12 heteroatoms. The number of nitrogen functional groups attached to an aromatic ring is 1. The third-order valence-corrected chi connectivity index (χ3v) is 5.38. The number of hydrogen-bond acceptors (Lipinski definition) is 10. The van der Waals surface area contributed by atoms with Gasteiger partial charge in [-0.2, -0.15) is 0 Å². The largest absolute Gasteiger partial charge is 0.394 e. The molecule has 3 N–H and O–H groups in total. The molecule has 0 spiro atoms. The Morgan fingerprint density at radius 2 is 2.07 bits per heavy atom. The minimum atomic E-state index is -0.841. The first kappa shape index (κ1) is 18.4. The summed E-state index contributed by atoms with van der Waals surface area (Å²) in [6, 6.07) is 0. The zero-order valence-electron chi connectivity index (χ0n) is 16.0. The molecule has 29 heavy (non-hydrogen) atoms. The predicted octanol–water partition coefficient (Wildman–Crippen LogP) is -0.440. The highest BCUT2D eigenvalue weighted by Crippen LogP contribution is 2.45. The Morgan fingerprint density at radius 1 is 1.24 bits per heavy atom. The van der Waals surface area contributed by atoms with Crippen molar-refractivity contribution in [3.8, 4) is 0 Å². The second kappa shape index (κ2) is 6.69. The molecule has 0 aromatic carbocycles. The maximum absolute atomic E-state index is 9.81. The fourth-order valence-corrected chi connectivity index (χ4v) is 3.99. The molecular formula is C17H22N8O4. The van der Waals surface area contributed by atoms with Crippen molar-refractivity contribution in [2.24, 2.45) is 7.05 Å². The SMILES string of the molecule is Cn1cc(CCC2(C)OC3C(CO)OC(n4cnc5c(N)ncnc54)C3O2)nn1. The molecule has 2 fully saturated rings. The highest BCUT2D eigenvalue weighted by molar-refractivity contribution is 5.81. The van der Waals surface area contributed by atoms with Crippen LogP contribution in [0, 0.1) is 0 Å². The van der Waals surface area contributed by atoms with Gasteiger partial charge in [0.15, 0.2) is 23.5 Å². The average Bonchev–Trinajstić information content (AvgIpc) is 3.44. The first-order valence-electron chi connectivity index (χ1n) is 9.37. The van der Waals surface area contributed by atoms with Gasteiger partial charge in [-0.05, 0) is 13.3 Å². The zero-order chi connectivity index (χ0) is 20.2. The van der Waals surface area contributed by atoms with E-state index < -0.39 is 30.3 Å². The molecule has 0 bridgehead atoms. The number of aliphatic hydroxyl groups excluding tert-OH is 1. The number of rotatable bonds is 5. The summed E-state index contributed by atoms with van der Waals surface area (Å²) in [6.07, 6.45) is 4.12. The molecule has 2 saturated heterocycles. The van der Waals surface area contributed by atoms with Crippen molar-refractivity contribution in [3.05, 3.63) is 24.5 Å². The number of ether oxygens (including phenoxy) is 3. The third-order valence-electron chi connectivity index (χ3n) is 5.38. The van der Waals surface area contributed by atoms with E-state index in [-0.39, 0.29) is 6.61 Å².